The summed E-state index contributed by atoms with van der Waals surface area (Å²) in [6, 6.07) is 12.9. The molecule has 0 spiro atoms. The number of nitrogens with one attached hydrogen (secondary N) is 1. The van der Waals surface area contributed by atoms with Gasteiger partial charge >= 0.3 is 5.97 Å². The zero-order valence-corrected chi connectivity index (χ0v) is 13.2. The highest BCUT2D eigenvalue weighted by atomic mass is 32.2. The van der Waals surface area contributed by atoms with Gasteiger partial charge in [0.1, 0.15) is 25.0 Å². The van der Waals surface area contributed by atoms with Gasteiger partial charge in [-0.3, -0.25) is 4.79 Å². The molecular weight excluding hydrogens is 335 g/mol. The minimum absolute atomic E-state index is 0.0295. The Balaban J connectivity index is 1.94. The molecule has 0 saturated heterocycles. The summed E-state index contributed by atoms with van der Waals surface area (Å²) in [6.45, 7) is -0.773. The molecule has 0 aromatic heterocycles. The lowest BCUT2D eigenvalue weighted by Gasteiger charge is -2.08. The normalized spacial score (nSPS) is 10.8. The number of nitrogens with zero attached hydrogens (tertiary/aromatic N) is 1. The van der Waals surface area contributed by atoms with Crippen molar-refractivity contribution >= 4 is 16.0 Å². The van der Waals surface area contributed by atoms with Crippen LogP contribution in [0.3, 0.4) is 0 Å². The van der Waals surface area contributed by atoms with Crippen LogP contribution in [0.15, 0.2) is 53.4 Å². The summed E-state index contributed by atoms with van der Waals surface area (Å²) >= 11 is 0. The number of carbonyl (C=O) groups excluding carboxylic acids is 1. The van der Waals surface area contributed by atoms with Crippen molar-refractivity contribution in [1.82, 2.24) is 4.72 Å². The number of nitriles is 1. The Morgan fingerprint density at radius 1 is 1.21 bits per heavy atom. The number of hydrogen-bond acceptors (Lipinski definition) is 5. The third-order valence-corrected chi connectivity index (χ3v) is 4.45. The average Bonchev–Trinajstić information content (AvgIpc) is 2.58. The number of rotatable bonds is 6. The van der Waals surface area contributed by atoms with Gasteiger partial charge in [0.25, 0.3) is 0 Å². The summed E-state index contributed by atoms with van der Waals surface area (Å²) in [6.07, 6.45) is 0. The smallest absolute Gasteiger partial charge is 0.321 e. The first-order chi connectivity index (χ1) is 11.4. The molecular formula is C16H13FN2O4S. The second kappa shape index (κ2) is 7.68. The summed E-state index contributed by atoms with van der Waals surface area (Å²) in [5.74, 6) is -1.28. The molecule has 0 fully saturated rings. The van der Waals surface area contributed by atoms with Crippen LogP contribution < -0.4 is 4.72 Å². The number of carbonyl (C=O) groups is 1. The molecule has 8 heteroatoms. The van der Waals surface area contributed by atoms with Crippen LogP contribution in [-0.4, -0.2) is 20.9 Å². The predicted molar refractivity (Wildman–Crippen MR) is 82.5 cm³/mol. The molecule has 0 aliphatic heterocycles. The third-order valence-electron chi connectivity index (χ3n) is 2.99. The Hall–Kier alpha value is -2.76. The van der Waals surface area contributed by atoms with Gasteiger partial charge < -0.3 is 4.74 Å². The zero-order chi connectivity index (χ0) is 17.6. The van der Waals surface area contributed by atoms with Crippen LogP contribution in [0.25, 0.3) is 0 Å². The van der Waals surface area contributed by atoms with E-state index in [0.29, 0.717) is 5.56 Å². The van der Waals surface area contributed by atoms with Crippen molar-refractivity contribution in [3.63, 3.8) is 0 Å². The Bertz CT molecular complexity index is 891. The highest BCUT2D eigenvalue weighted by Gasteiger charge is 2.19. The lowest BCUT2D eigenvalue weighted by Crippen LogP contribution is -2.31. The van der Waals surface area contributed by atoms with Gasteiger partial charge in [-0.1, -0.05) is 24.3 Å². The molecule has 0 amide bonds. The van der Waals surface area contributed by atoms with Crippen LogP contribution >= 0.6 is 0 Å². The number of benzene rings is 2. The van der Waals surface area contributed by atoms with Crippen LogP contribution in [0.4, 0.5) is 4.39 Å². The number of esters is 1. The fourth-order valence-corrected chi connectivity index (χ4v) is 2.99. The minimum Gasteiger partial charge on any atom is -0.460 e. The number of ether oxygens (including phenoxy) is 1. The molecule has 0 bridgehead atoms. The first kappa shape index (κ1) is 17.6. The molecule has 0 saturated carbocycles. The number of sulfonamides is 1. The first-order valence-corrected chi connectivity index (χ1v) is 8.29. The standard InChI is InChI=1S/C16H13FN2O4S/c17-14-6-3-4-12(8-14)11-23-16(20)10-19-24(21,22)15-7-2-1-5-13(15)9-18/h1-8,19H,10-11H2. The van der Waals surface area contributed by atoms with Gasteiger partial charge in [0, 0.05) is 0 Å². The van der Waals surface area contributed by atoms with Crippen molar-refractivity contribution in [1.29, 1.82) is 5.26 Å². The van der Waals surface area contributed by atoms with Gasteiger partial charge in [0.2, 0.25) is 10.0 Å². The van der Waals surface area contributed by atoms with Gasteiger partial charge in [-0.25, -0.2) is 12.8 Å². The number of halogens is 1. The maximum absolute atomic E-state index is 13.0. The number of hydrogen-bond donors (Lipinski definition) is 1. The zero-order valence-electron chi connectivity index (χ0n) is 12.4. The Kier molecular flexibility index (Phi) is 5.63. The van der Waals surface area contributed by atoms with E-state index in [1.807, 2.05) is 0 Å². The highest BCUT2D eigenvalue weighted by Crippen LogP contribution is 2.13. The third kappa shape index (κ3) is 4.62. The van der Waals surface area contributed by atoms with Crippen LogP contribution in [0, 0.1) is 17.1 Å². The maximum atomic E-state index is 13.0. The fourth-order valence-electron chi connectivity index (χ4n) is 1.87. The van der Waals surface area contributed by atoms with Crippen LogP contribution in [0.1, 0.15) is 11.1 Å². The molecule has 2 rings (SSSR count). The van der Waals surface area contributed by atoms with Gasteiger partial charge in [-0.15, -0.1) is 0 Å². The largest absolute Gasteiger partial charge is 0.460 e. The van der Waals surface area contributed by atoms with Crippen molar-refractivity contribution in [2.75, 3.05) is 6.54 Å². The molecule has 0 radical (unpaired) electrons. The molecule has 0 unspecified atom stereocenters. The molecule has 2 aromatic rings. The van der Waals surface area contributed by atoms with Gasteiger partial charge in [0.15, 0.2) is 0 Å². The van der Waals surface area contributed by atoms with Crippen molar-refractivity contribution in [2.45, 2.75) is 11.5 Å². The Labute approximate surface area is 138 Å². The van der Waals surface area contributed by atoms with Crippen molar-refractivity contribution < 1.29 is 22.3 Å². The quantitative estimate of drug-likeness (QED) is 0.802. The van der Waals surface area contributed by atoms with Gasteiger partial charge in [-0.2, -0.15) is 9.98 Å². The second-order valence-corrected chi connectivity index (χ2v) is 6.46. The Morgan fingerprint density at radius 3 is 2.67 bits per heavy atom. The summed E-state index contributed by atoms with van der Waals surface area (Å²) in [7, 11) is -4.02. The molecule has 0 atom stereocenters. The Morgan fingerprint density at radius 2 is 1.96 bits per heavy atom. The maximum Gasteiger partial charge on any atom is 0.321 e. The van der Waals surface area contributed by atoms with Crippen LogP contribution in [0.5, 0.6) is 0 Å². The SMILES string of the molecule is N#Cc1ccccc1S(=O)(=O)NCC(=O)OCc1cccc(F)c1. The fraction of sp³-hybridized carbons (Fsp3) is 0.125. The first-order valence-electron chi connectivity index (χ1n) is 6.81. The molecule has 0 aliphatic carbocycles. The molecule has 1 N–H and O–H groups in total. The van der Waals surface area contributed by atoms with E-state index in [0.717, 1.165) is 0 Å². The monoisotopic (exact) mass is 348 g/mol. The molecule has 24 heavy (non-hydrogen) atoms. The van der Waals surface area contributed by atoms with Gasteiger partial charge in [0.05, 0.1) is 10.5 Å². The van der Waals surface area contributed by atoms with Crippen molar-refractivity contribution in [3.05, 3.63) is 65.5 Å². The van der Waals surface area contributed by atoms with Crippen LogP contribution in [0.2, 0.25) is 0 Å². The lowest BCUT2D eigenvalue weighted by atomic mass is 10.2. The van der Waals surface area contributed by atoms with E-state index >= 15 is 0 Å². The average molecular weight is 348 g/mol. The topological polar surface area (TPSA) is 96.3 Å². The van der Waals surface area contributed by atoms with Crippen molar-refractivity contribution in [3.8, 4) is 6.07 Å². The van der Waals surface area contributed by atoms with E-state index in [-0.39, 0.29) is 17.1 Å². The van der Waals surface area contributed by atoms with Crippen LogP contribution in [-0.2, 0) is 26.2 Å². The molecule has 124 valence electrons. The molecule has 6 nitrogen and oxygen atoms in total. The predicted octanol–water partition coefficient (Wildman–Crippen LogP) is 1.72. The lowest BCUT2D eigenvalue weighted by molar-refractivity contribution is -0.143. The summed E-state index contributed by atoms with van der Waals surface area (Å²) < 4.78 is 44.2. The van der Waals surface area contributed by atoms with Crippen molar-refractivity contribution in [2.24, 2.45) is 0 Å². The van der Waals surface area contributed by atoms with E-state index in [1.54, 1.807) is 12.1 Å². The van der Waals surface area contributed by atoms with E-state index in [9.17, 15) is 17.6 Å². The van der Waals surface area contributed by atoms with Gasteiger partial charge in [-0.05, 0) is 29.8 Å². The van der Waals surface area contributed by atoms with E-state index in [1.165, 1.54) is 42.5 Å². The van der Waals surface area contributed by atoms with E-state index in [4.69, 9.17) is 10.00 Å². The molecule has 2 aromatic carbocycles. The summed E-state index contributed by atoms with van der Waals surface area (Å²) in [5, 5.41) is 8.93. The summed E-state index contributed by atoms with van der Waals surface area (Å²) in [5.41, 5.74) is 0.416. The summed E-state index contributed by atoms with van der Waals surface area (Å²) in [4.78, 5) is 11.4. The second-order valence-electron chi connectivity index (χ2n) is 4.72. The highest BCUT2D eigenvalue weighted by molar-refractivity contribution is 7.89. The minimum atomic E-state index is -4.02. The molecule has 0 heterocycles. The molecule has 0 aliphatic rings. The van der Waals surface area contributed by atoms with E-state index < -0.39 is 28.4 Å². The van der Waals surface area contributed by atoms with E-state index in [2.05, 4.69) is 4.72 Å².